The Morgan fingerprint density at radius 3 is 2.62 bits per heavy atom. The lowest BCUT2D eigenvalue weighted by molar-refractivity contribution is -0.120. The quantitative estimate of drug-likeness (QED) is 0.794. The summed E-state index contributed by atoms with van der Waals surface area (Å²) in [4.78, 5) is 12.0. The van der Waals surface area contributed by atoms with Gasteiger partial charge >= 0.3 is 0 Å². The Morgan fingerprint density at radius 1 is 1.44 bits per heavy atom. The SMILES string of the molecule is CC1(C)CC1C(=O)Cc1cc(Cl)ccc1Cl. The van der Waals surface area contributed by atoms with Crippen LogP contribution in [0.1, 0.15) is 25.8 Å². The van der Waals surface area contributed by atoms with E-state index in [-0.39, 0.29) is 17.1 Å². The average Bonchev–Trinajstić information content (AvgIpc) is 2.82. The summed E-state index contributed by atoms with van der Waals surface area (Å²) in [7, 11) is 0. The van der Waals surface area contributed by atoms with Crippen LogP contribution in [0, 0.1) is 11.3 Å². The van der Waals surface area contributed by atoms with Gasteiger partial charge in [0.1, 0.15) is 5.78 Å². The van der Waals surface area contributed by atoms with Crippen LogP contribution in [0.2, 0.25) is 10.0 Å². The lowest BCUT2D eigenvalue weighted by atomic mass is 10.0. The molecule has 1 unspecified atom stereocenters. The van der Waals surface area contributed by atoms with Gasteiger partial charge in [-0.25, -0.2) is 0 Å². The van der Waals surface area contributed by atoms with Crippen molar-refractivity contribution in [3.8, 4) is 0 Å². The van der Waals surface area contributed by atoms with Crippen LogP contribution in [0.5, 0.6) is 0 Å². The molecule has 1 aromatic rings. The van der Waals surface area contributed by atoms with Crippen molar-refractivity contribution in [2.45, 2.75) is 26.7 Å². The molecule has 1 nitrogen and oxygen atoms in total. The molecule has 0 spiro atoms. The van der Waals surface area contributed by atoms with Gasteiger partial charge in [0.2, 0.25) is 0 Å². The highest BCUT2D eigenvalue weighted by atomic mass is 35.5. The maximum atomic E-state index is 12.0. The van der Waals surface area contributed by atoms with Gasteiger partial charge < -0.3 is 0 Å². The van der Waals surface area contributed by atoms with Gasteiger partial charge in [0, 0.05) is 22.4 Å². The van der Waals surface area contributed by atoms with Gasteiger partial charge in [-0.15, -0.1) is 0 Å². The standard InChI is InChI=1S/C13H14Cl2O/c1-13(2)7-10(13)12(16)6-8-5-9(14)3-4-11(8)15/h3-5,10H,6-7H2,1-2H3. The highest BCUT2D eigenvalue weighted by Gasteiger charge is 2.49. The monoisotopic (exact) mass is 256 g/mol. The Kier molecular flexibility index (Phi) is 3.02. The zero-order valence-electron chi connectivity index (χ0n) is 9.39. The van der Waals surface area contributed by atoms with E-state index in [9.17, 15) is 4.79 Å². The van der Waals surface area contributed by atoms with Crippen LogP contribution in [0.15, 0.2) is 18.2 Å². The largest absolute Gasteiger partial charge is 0.299 e. The number of rotatable bonds is 3. The smallest absolute Gasteiger partial charge is 0.140 e. The van der Waals surface area contributed by atoms with E-state index in [2.05, 4.69) is 13.8 Å². The Labute approximate surface area is 106 Å². The van der Waals surface area contributed by atoms with Gasteiger partial charge in [-0.1, -0.05) is 37.0 Å². The number of hydrogen-bond acceptors (Lipinski definition) is 1. The summed E-state index contributed by atoms with van der Waals surface area (Å²) in [6.45, 7) is 4.24. The van der Waals surface area contributed by atoms with Gasteiger partial charge in [-0.05, 0) is 35.6 Å². The van der Waals surface area contributed by atoms with Crippen molar-refractivity contribution in [1.82, 2.24) is 0 Å². The molecule has 0 aromatic heterocycles. The van der Waals surface area contributed by atoms with Gasteiger partial charge in [0.15, 0.2) is 0 Å². The summed E-state index contributed by atoms with van der Waals surface area (Å²) >= 11 is 11.9. The molecule has 1 saturated carbocycles. The van der Waals surface area contributed by atoms with E-state index in [1.165, 1.54) is 0 Å². The minimum atomic E-state index is 0.183. The van der Waals surface area contributed by atoms with Gasteiger partial charge in [-0.2, -0.15) is 0 Å². The molecule has 1 atom stereocenters. The molecule has 0 N–H and O–H groups in total. The molecule has 0 saturated heterocycles. The normalized spacial score (nSPS) is 21.9. The average molecular weight is 257 g/mol. The zero-order valence-corrected chi connectivity index (χ0v) is 10.9. The Morgan fingerprint density at radius 2 is 2.06 bits per heavy atom. The molecule has 16 heavy (non-hydrogen) atoms. The van der Waals surface area contributed by atoms with Crippen LogP contribution in [-0.4, -0.2) is 5.78 Å². The Bertz CT molecular complexity index is 438. The first-order valence-electron chi connectivity index (χ1n) is 5.37. The fourth-order valence-corrected chi connectivity index (χ4v) is 2.39. The van der Waals surface area contributed by atoms with Crippen LogP contribution in [0.4, 0.5) is 0 Å². The highest BCUT2D eigenvalue weighted by Crippen LogP contribution is 2.52. The number of carbonyl (C=O) groups is 1. The third-order valence-electron chi connectivity index (χ3n) is 3.27. The van der Waals surface area contributed by atoms with Crippen molar-refractivity contribution >= 4 is 29.0 Å². The minimum Gasteiger partial charge on any atom is -0.299 e. The molecule has 1 fully saturated rings. The second-order valence-electron chi connectivity index (χ2n) is 5.12. The molecule has 0 amide bonds. The van der Waals surface area contributed by atoms with Crippen molar-refractivity contribution in [3.05, 3.63) is 33.8 Å². The van der Waals surface area contributed by atoms with E-state index in [4.69, 9.17) is 23.2 Å². The fourth-order valence-electron chi connectivity index (χ4n) is 2.01. The lowest BCUT2D eigenvalue weighted by Gasteiger charge is -2.05. The molecule has 2 rings (SSSR count). The summed E-state index contributed by atoms with van der Waals surface area (Å²) in [6.07, 6.45) is 1.39. The topological polar surface area (TPSA) is 17.1 Å². The number of hydrogen-bond donors (Lipinski definition) is 0. The van der Waals surface area contributed by atoms with Crippen LogP contribution in [-0.2, 0) is 11.2 Å². The molecule has 0 bridgehead atoms. The summed E-state index contributed by atoms with van der Waals surface area (Å²) in [6, 6.07) is 5.25. The van der Waals surface area contributed by atoms with Gasteiger partial charge in [-0.3, -0.25) is 4.79 Å². The maximum absolute atomic E-state index is 12.0. The molecule has 0 aliphatic heterocycles. The van der Waals surface area contributed by atoms with Gasteiger partial charge in [0.25, 0.3) is 0 Å². The van der Waals surface area contributed by atoms with Crippen molar-refractivity contribution < 1.29 is 4.79 Å². The predicted molar refractivity (Wildman–Crippen MR) is 67.1 cm³/mol. The zero-order chi connectivity index (χ0) is 11.9. The molecule has 1 aromatic carbocycles. The van der Waals surface area contributed by atoms with Crippen molar-refractivity contribution in [2.75, 3.05) is 0 Å². The molecule has 1 aliphatic carbocycles. The Hall–Kier alpha value is -0.530. The van der Waals surface area contributed by atoms with Crippen molar-refractivity contribution in [1.29, 1.82) is 0 Å². The Balaban J connectivity index is 2.10. The molecule has 0 radical (unpaired) electrons. The summed E-state index contributed by atoms with van der Waals surface area (Å²) in [5.74, 6) is 0.469. The fraction of sp³-hybridized carbons (Fsp3) is 0.462. The summed E-state index contributed by atoms with van der Waals surface area (Å²) < 4.78 is 0. The van der Waals surface area contributed by atoms with E-state index >= 15 is 0 Å². The van der Waals surface area contributed by atoms with Crippen LogP contribution in [0.25, 0.3) is 0 Å². The molecule has 1 aliphatic rings. The number of Topliss-reactive ketones (excluding diaryl/α,β-unsaturated/α-hetero) is 1. The number of carbonyl (C=O) groups excluding carboxylic acids is 1. The van der Waals surface area contributed by atoms with Crippen molar-refractivity contribution in [2.24, 2.45) is 11.3 Å². The van der Waals surface area contributed by atoms with Gasteiger partial charge in [0.05, 0.1) is 0 Å². The third-order valence-corrected chi connectivity index (χ3v) is 3.88. The van der Waals surface area contributed by atoms with E-state index in [0.29, 0.717) is 16.5 Å². The van der Waals surface area contributed by atoms with Crippen LogP contribution < -0.4 is 0 Å². The predicted octanol–water partition coefficient (Wildman–Crippen LogP) is 4.15. The number of halogens is 2. The molecule has 0 heterocycles. The number of ketones is 1. The maximum Gasteiger partial charge on any atom is 0.140 e. The molecule has 3 heteroatoms. The third kappa shape index (κ3) is 2.41. The van der Waals surface area contributed by atoms with E-state index < -0.39 is 0 Å². The van der Waals surface area contributed by atoms with Crippen LogP contribution in [0.3, 0.4) is 0 Å². The van der Waals surface area contributed by atoms with Crippen LogP contribution >= 0.6 is 23.2 Å². The minimum absolute atomic E-state index is 0.183. The molecular weight excluding hydrogens is 243 g/mol. The first-order valence-corrected chi connectivity index (χ1v) is 6.12. The van der Waals surface area contributed by atoms with E-state index in [1.807, 2.05) is 0 Å². The molecular formula is C13H14Cl2O. The highest BCUT2D eigenvalue weighted by molar-refractivity contribution is 6.33. The van der Waals surface area contributed by atoms with Crippen molar-refractivity contribution in [3.63, 3.8) is 0 Å². The second-order valence-corrected chi connectivity index (χ2v) is 5.97. The second kappa shape index (κ2) is 4.05. The summed E-state index contributed by atoms with van der Waals surface area (Å²) in [5.41, 5.74) is 1.02. The molecule has 86 valence electrons. The summed E-state index contributed by atoms with van der Waals surface area (Å²) in [5, 5.41) is 1.25. The first kappa shape index (κ1) is 11.9. The first-order chi connectivity index (χ1) is 7.40. The number of benzene rings is 1. The van der Waals surface area contributed by atoms with E-state index in [1.54, 1.807) is 18.2 Å². The lowest BCUT2D eigenvalue weighted by Crippen LogP contribution is -2.09. The van der Waals surface area contributed by atoms with E-state index in [0.717, 1.165) is 12.0 Å².